The van der Waals surface area contributed by atoms with Gasteiger partial charge in [0, 0.05) is 14.1 Å². The Morgan fingerprint density at radius 3 is 2.45 bits per heavy atom. The second-order valence-electron chi connectivity index (χ2n) is 2.21. The van der Waals surface area contributed by atoms with Gasteiger partial charge in [-0.05, 0) is 0 Å². The standard InChI is InChI=1S/C6H10N2O2S/c1-8(2)6-7-4(10-3)5(9)11-6/h9H,1-3H3. The number of anilines is 1. The Labute approximate surface area is 69.1 Å². The van der Waals surface area contributed by atoms with Gasteiger partial charge in [0.1, 0.15) is 0 Å². The lowest BCUT2D eigenvalue weighted by molar-refractivity contribution is 0.368. The highest BCUT2D eigenvalue weighted by molar-refractivity contribution is 7.17. The fourth-order valence-corrected chi connectivity index (χ4v) is 1.31. The largest absolute Gasteiger partial charge is 0.496 e. The van der Waals surface area contributed by atoms with Crippen LogP contribution in [-0.4, -0.2) is 31.3 Å². The lowest BCUT2D eigenvalue weighted by Gasteiger charge is -2.04. The summed E-state index contributed by atoms with van der Waals surface area (Å²) in [6.07, 6.45) is 0. The highest BCUT2D eigenvalue weighted by Gasteiger charge is 2.10. The van der Waals surface area contributed by atoms with Crippen molar-refractivity contribution in [1.29, 1.82) is 0 Å². The van der Waals surface area contributed by atoms with Gasteiger partial charge >= 0.3 is 0 Å². The number of aromatic nitrogens is 1. The molecule has 1 aromatic rings. The molecular weight excluding hydrogens is 164 g/mol. The van der Waals surface area contributed by atoms with Gasteiger partial charge in [-0.1, -0.05) is 11.3 Å². The van der Waals surface area contributed by atoms with Crippen molar-refractivity contribution < 1.29 is 9.84 Å². The molecule has 1 rings (SSSR count). The van der Waals surface area contributed by atoms with Gasteiger partial charge in [-0.3, -0.25) is 0 Å². The molecule has 0 fully saturated rings. The Kier molecular flexibility index (Phi) is 2.19. The Balaban J connectivity index is 2.95. The predicted octanol–water partition coefficient (Wildman–Crippen LogP) is 0.923. The summed E-state index contributed by atoms with van der Waals surface area (Å²) in [5.74, 6) is 0.290. The molecule has 0 saturated carbocycles. The number of hydrogen-bond donors (Lipinski definition) is 1. The molecule has 0 amide bonds. The number of ether oxygens (including phenoxy) is 1. The van der Waals surface area contributed by atoms with Crippen LogP contribution in [0, 0.1) is 0 Å². The lowest BCUT2D eigenvalue weighted by atomic mass is 10.8. The number of methoxy groups -OCH3 is 1. The maximum absolute atomic E-state index is 9.18. The lowest BCUT2D eigenvalue weighted by Crippen LogP contribution is -2.07. The molecule has 0 spiro atoms. The van der Waals surface area contributed by atoms with E-state index in [0.717, 1.165) is 5.13 Å². The second kappa shape index (κ2) is 2.96. The van der Waals surface area contributed by atoms with Crippen LogP contribution in [0.5, 0.6) is 10.9 Å². The number of thiazole rings is 1. The first-order valence-corrected chi connectivity index (χ1v) is 3.88. The minimum absolute atomic E-state index is 0.121. The van der Waals surface area contributed by atoms with E-state index in [-0.39, 0.29) is 5.06 Å². The molecule has 0 aliphatic rings. The van der Waals surface area contributed by atoms with Gasteiger partial charge in [-0.25, -0.2) is 0 Å². The van der Waals surface area contributed by atoms with Crippen molar-refractivity contribution in [3.05, 3.63) is 0 Å². The van der Waals surface area contributed by atoms with E-state index < -0.39 is 0 Å². The summed E-state index contributed by atoms with van der Waals surface area (Å²) in [5, 5.41) is 10.0. The first kappa shape index (κ1) is 8.13. The fraction of sp³-hybridized carbons (Fsp3) is 0.500. The molecule has 5 heteroatoms. The Morgan fingerprint density at radius 2 is 2.18 bits per heavy atom. The number of hydrogen-bond acceptors (Lipinski definition) is 5. The third kappa shape index (κ3) is 1.54. The Hall–Kier alpha value is -0.970. The zero-order valence-electron chi connectivity index (χ0n) is 6.66. The Bertz CT molecular complexity index is 247. The average Bonchev–Trinajstić information content (AvgIpc) is 2.31. The summed E-state index contributed by atoms with van der Waals surface area (Å²) < 4.78 is 4.80. The minimum Gasteiger partial charge on any atom is -0.496 e. The zero-order chi connectivity index (χ0) is 8.43. The van der Waals surface area contributed by atoms with Crippen molar-refractivity contribution in [3.8, 4) is 10.9 Å². The molecule has 1 heterocycles. The highest BCUT2D eigenvalue weighted by atomic mass is 32.1. The normalized spacial score (nSPS) is 9.73. The molecule has 11 heavy (non-hydrogen) atoms. The molecule has 0 saturated heterocycles. The first-order valence-electron chi connectivity index (χ1n) is 3.06. The third-order valence-electron chi connectivity index (χ3n) is 1.14. The van der Waals surface area contributed by atoms with E-state index in [4.69, 9.17) is 4.74 Å². The first-order chi connectivity index (χ1) is 5.15. The van der Waals surface area contributed by atoms with E-state index in [0.29, 0.717) is 5.88 Å². The molecule has 62 valence electrons. The highest BCUT2D eigenvalue weighted by Crippen LogP contribution is 2.36. The van der Waals surface area contributed by atoms with Crippen LogP contribution in [0.2, 0.25) is 0 Å². The van der Waals surface area contributed by atoms with Crippen molar-refractivity contribution in [1.82, 2.24) is 4.98 Å². The van der Waals surface area contributed by atoms with Crippen molar-refractivity contribution in [2.45, 2.75) is 0 Å². The SMILES string of the molecule is COc1nc(N(C)C)sc1O. The third-order valence-corrected chi connectivity index (χ3v) is 2.15. The molecule has 0 atom stereocenters. The maximum Gasteiger partial charge on any atom is 0.270 e. The summed E-state index contributed by atoms with van der Waals surface area (Å²) in [5.41, 5.74) is 0. The quantitative estimate of drug-likeness (QED) is 0.724. The van der Waals surface area contributed by atoms with Crippen molar-refractivity contribution in [3.63, 3.8) is 0 Å². The molecule has 0 aromatic carbocycles. The summed E-state index contributed by atoms with van der Waals surface area (Å²) in [6, 6.07) is 0. The van der Waals surface area contributed by atoms with Gasteiger partial charge in [0.15, 0.2) is 5.13 Å². The van der Waals surface area contributed by atoms with Crippen LogP contribution in [0.15, 0.2) is 0 Å². The van der Waals surface area contributed by atoms with E-state index >= 15 is 0 Å². The molecule has 1 aromatic heterocycles. The van der Waals surface area contributed by atoms with E-state index in [1.807, 2.05) is 19.0 Å². The van der Waals surface area contributed by atoms with Gasteiger partial charge in [-0.15, -0.1) is 0 Å². The number of nitrogens with zero attached hydrogens (tertiary/aromatic N) is 2. The second-order valence-corrected chi connectivity index (χ2v) is 3.16. The minimum atomic E-state index is 0.121. The summed E-state index contributed by atoms with van der Waals surface area (Å²) >= 11 is 1.19. The van der Waals surface area contributed by atoms with Gasteiger partial charge in [0.05, 0.1) is 7.11 Å². The monoisotopic (exact) mass is 174 g/mol. The average molecular weight is 174 g/mol. The van der Waals surface area contributed by atoms with Gasteiger partial charge < -0.3 is 14.7 Å². The predicted molar refractivity (Wildman–Crippen MR) is 44.7 cm³/mol. The van der Waals surface area contributed by atoms with Crippen LogP contribution in [0.25, 0.3) is 0 Å². The number of rotatable bonds is 2. The van der Waals surface area contributed by atoms with E-state index in [1.165, 1.54) is 18.4 Å². The van der Waals surface area contributed by atoms with Crippen LogP contribution in [0.4, 0.5) is 5.13 Å². The summed E-state index contributed by atoms with van der Waals surface area (Å²) in [7, 11) is 5.20. The summed E-state index contributed by atoms with van der Waals surface area (Å²) in [4.78, 5) is 5.81. The van der Waals surface area contributed by atoms with E-state index in [2.05, 4.69) is 4.98 Å². The fourth-order valence-electron chi connectivity index (χ4n) is 0.612. The van der Waals surface area contributed by atoms with Crippen LogP contribution < -0.4 is 9.64 Å². The molecule has 0 unspecified atom stereocenters. The topological polar surface area (TPSA) is 45.6 Å². The van der Waals surface area contributed by atoms with Crippen molar-refractivity contribution >= 4 is 16.5 Å². The number of aromatic hydroxyl groups is 1. The maximum atomic E-state index is 9.18. The smallest absolute Gasteiger partial charge is 0.270 e. The molecule has 0 radical (unpaired) electrons. The van der Waals surface area contributed by atoms with Crippen LogP contribution in [0.1, 0.15) is 0 Å². The van der Waals surface area contributed by atoms with Crippen LogP contribution in [0.3, 0.4) is 0 Å². The van der Waals surface area contributed by atoms with E-state index in [1.54, 1.807) is 0 Å². The van der Waals surface area contributed by atoms with Crippen molar-refractivity contribution in [2.24, 2.45) is 0 Å². The van der Waals surface area contributed by atoms with Crippen molar-refractivity contribution in [2.75, 3.05) is 26.1 Å². The van der Waals surface area contributed by atoms with E-state index in [9.17, 15) is 5.11 Å². The molecule has 4 nitrogen and oxygen atoms in total. The van der Waals surface area contributed by atoms with Gasteiger partial charge in [0.25, 0.3) is 5.88 Å². The van der Waals surface area contributed by atoms with Gasteiger partial charge in [-0.2, -0.15) is 4.98 Å². The summed E-state index contributed by atoms with van der Waals surface area (Å²) in [6.45, 7) is 0. The zero-order valence-corrected chi connectivity index (χ0v) is 7.47. The molecular formula is C6H10N2O2S. The van der Waals surface area contributed by atoms with Crippen LogP contribution in [-0.2, 0) is 0 Å². The molecule has 0 aliphatic carbocycles. The molecule has 0 aliphatic heterocycles. The Morgan fingerprint density at radius 1 is 1.55 bits per heavy atom. The molecule has 0 bridgehead atoms. The van der Waals surface area contributed by atoms with Gasteiger partial charge in [0.2, 0.25) is 5.06 Å². The van der Waals surface area contributed by atoms with Crippen LogP contribution >= 0.6 is 11.3 Å². The molecule has 1 N–H and O–H groups in total.